The Bertz CT molecular complexity index is 1160. The van der Waals surface area contributed by atoms with E-state index in [0.29, 0.717) is 16.1 Å². The maximum atomic E-state index is 13.0. The molecule has 1 aliphatic heterocycles. The Morgan fingerprint density at radius 2 is 1.97 bits per heavy atom. The lowest BCUT2D eigenvalue weighted by atomic mass is 9.92. The molecule has 10 nitrogen and oxygen atoms in total. The molecule has 168 valence electrons. The van der Waals surface area contributed by atoms with Crippen LogP contribution in [-0.2, 0) is 15.1 Å². The van der Waals surface area contributed by atoms with Gasteiger partial charge in [0, 0.05) is 33.4 Å². The summed E-state index contributed by atoms with van der Waals surface area (Å²) < 4.78 is 5.00. The number of hydrogen-bond acceptors (Lipinski definition) is 6. The van der Waals surface area contributed by atoms with Crippen LogP contribution in [0.3, 0.4) is 0 Å². The van der Waals surface area contributed by atoms with E-state index in [4.69, 9.17) is 27.9 Å². The molecule has 2 aromatic carbocycles. The zero-order valence-corrected chi connectivity index (χ0v) is 18.7. The van der Waals surface area contributed by atoms with Crippen molar-refractivity contribution in [3.05, 3.63) is 61.6 Å². The standard InChI is InChI=1S/C20H18Cl2N4O6/c1-10-6-15(26(30)31)16(32-3)8-14(10)23-17(27)9-25-18(28)20(2,24-19(25)29)12-5-4-11(21)7-13(12)22/h4-8H,9H2,1-3H3,(H,23,27)(H,24,29). The van der Waals surface area contributed by atoms with Crippen LogP contribution in [0, 0.1) is 17.0 Å². The predicted octanol–water partition coefficient (Wildman–Crippen LogP) is 3.62. The summed E-state index contributed by atoms with van der Waals surface area (Å²) in [5.74, 6) is -1.39. The smallest absolute Gasteiger partial charge is 0.325 e. The van der Waals surface area contributed by atoms with E-state index in [1.165, 1.54) is 44.4 Å². The molecule has 0 spiro atoms. The van der Waals surface area contributed by atoms with Gasteiger partial charge in [0.25, 0.3) is 5.91 Å². The van der Waals surface area contributed by atoms with Crippen molar-refractivity contribution in [2.24, 2.45) is 0 Å². The molecule has 4 amide bonds. The van der Waals surface area contributed by atoms with Crippen molar-refractivity contribution in [2.75, 3.05) is 19.0 Å². The second kappa shape index (κ2) is 8.64. The molecule has 32 heavy (non-hydrogen) atoms. The van der Waals surface area contributed by atoms with E-state index >= 15 is 0 Å². The fourth-order valence-electron chi connectivity index (χ4n) is 3.37. The van der Waals surface area contributed by atoms with Crippen molar-refractivity contribution in [2.45, 2.75) is 19.4 Å². The number of anilines is 1. The lowest BCUT2D eigenvalue weighted by Crippen LogP contribution is -2.42. The van der Waals surface area contributed by atoms with Crippen molar-refractivity contribution in [1.29, 1.82) is 0 Å². The molecule has 1 saturated heterocycles. The van der Waals surface area contributed by atoms with E-state index in [2.05, 4.69) is 10.6 Å². The van der Waals surface area contributed by atoms with Crippen LogP contribution in [0.15, 0.2) is 30.3 Å². The summed E-state index contributed by atoms with van der Waals surface area (Å²) in [4.78, 5) is 49.4. The second-order valence-electron chi connectivity index (χ2n) is 7.21. The number of carbonyl (C=O) groups is 3. The van der Waals surface area contributed by atoms with E-state index in [9.17, 15) is 24.5 Å². The van der Waals surface area contributed by atoms with Gasteiger partial charge in [-0.3, -0.25) is 24.6 Å². The molecule has 0 aromatic heterocycles. The molecule has 3 rings (SSSR count). The van der Waals surface area contributed by atoms with Crippen LogP contribution in [0.1, 0.15) is 18.1 Å². The molecule has 0 bridgehead atoms. The first-order valence-electron chi connectivity index (χ1n) is 9.20. The van der Waals surface area contributed by atoms with E-state index in [1.54, 1.807) is 6.92 Å². The number of benzene rings is 2. The van der Waals surface area contributed by atoms with Gasteiger partial charge in [-0.15, -0.1) is 0 Å². The van der Waals surface area contributed by atoms with Crippen LogP contribution in [0.5, 0.6) is 5.75 Å². The highest BCUT2D eigenvalue weighted by atomic mass is 35.5. The van der Waals surface area contributed by atoms with Gasteiger partial charge in [-0.05, 0) is 31.5 Å². The number of carbonyl (C=O) groups excluding carboxylic acids is 3. The van der Waals surface area contributed by atoms with Crippen LogP contribution < -0.4 is 15.4 Å². The summed E-state index contributed by atoms with van der Waals surface area (Å²) in [5.41, 5.74) is -0.756. The molecule has 1 heterocycles. The van der Waals surface area contributed by atoms with Gasteiger partial charge in [-0.2, -0.15) is 0 Å². The molecule has 2 N–H and O–H groups in total. The number of aryl methyl sites for hydroxylation is 1. The average Bonchev–Trinajstić information content (AvgIpc) is 2.92. The number of imide groups is 1. The van der Waals surface area contributed by atoms with Crippen LogP contribution in [0.4, 0.5) is 16.2 Å². The van der Waals surface area contributed by atoms with E-state index < -0.39 is 34.9 Å². The third kappa shape index (κ3) is 4.19. The highest BCUT2D eigenvalue weighted by Gasteiger charge is 2.50. The number of hydrogen-bond donors (Lipinski definition) is 2. The molecule has 0 aliphatic carbocycles. The third-order valence-electron chi connectivity index (χ3n) is 5.04. The Morgan fingerprint density at radius 3 is 2.56 bits per heavy atom. The molecular weight excluding hydrogens is 463 g/mol. The molecule has 1 atom stereocenters. The summed E-state index contributed by atoms with van der Waals surface area (Å²) in [6.07, 6.45) is 0. The number of halogens is 2. The summed E-state index contributed by atoms with van der Waals surface area (Å²) in [7, 11) is 1.26. The second-order valence-corrected chi connectivity index (χ2v) is 8.06. The van der Waals surface area contributed by atoms with Gasteiger partial charge in [-0.1, -0.05) is 29.3 Å². The molecule has 1 fully saturated rings. The Hall–Kier alpha value is -3.37. The van der Waals surface area contributed by atoms with Gasteiger partial charge in [0.2, 0.25) is 5.91 Å². The lowest BCUT2D eigenvalue weighted by Gasteiger charge is -2.23. The zero-order valence-electron chi connectivity index (χ0n) is 17.2. The van der Waals surface area contributed by atoms with Crippen LogP contribution >= 0.6 is 23.2 Å². The zero-order chi connectivity index (χ0) is 23.8. The SMILES string of the molecule is COc1cc(NC(=O)CN2C(=O)NC(C)(c3ccc(Cl)cc3Cl)C2=O)c(C)cc1[N+](=O)[O-]. The first-order valence-corrected chi connectivity index (χ1v) is 9.96. The molecule has 0 saturated carbocycles. The van der Waals surface area contributed by atoms with Gasteiger partial charge in [0.15, 0.2) is 5.75 Å². The highest BCUT2D eigenvalue weighted by Crippen LogP contribution is 2.35. The summed E-state index contributed by atoms with van der Waals surface area (Å²) in [6, 6.07) is 6.29. The van der Waals surface area contributed by atoms with Gasteiger partial charge in [0.05, 0.1) is 12.0 Å². The Labute approximate surface area is 192 Å². The van der Waals surface area contributed by atoms with Crippen molar-refractivity contribution >= 4 is 52.4 Å². The Balaban J connectivity index is 1.81. The number of ether oxygens (including phenoxy) is 1. The fourth-order valence-corrected chi connectivity index (χ4v) is 3.96. The monoisotopic (exact) mass is 480 g/mol. The number of nitrogens with one attached hydrogen (secondary N) is 2. The van der Waals surface area contributed by atoms with Crippen molar-refractivity contribution in [3.8, 4) is 5.75 Å². The normalized spacial score (nSPS) is 17.8. The highest BCUT2D eigenvalue weighted by molar-refractivity contribution is 6.35. The first kappa shape index (κ1) is 23.3. The Morgan fingerprint density at radius 1 is 1.28 bits per heavy atom. The molecular formula is C20H18Cl2N4O6. The third-order valence-corrected chi connectivity index (χ3v) is 5.59. The molecule has 1 unspecified atom stereocenters. The summed E-state index contributed by atoms with van der Waals surface area (Å²) >= 11 is 12.1. The van der Waals surface area contributed by atoms with E-state index in [1.807, 2.05) is 0 Å². The minimum absolute atomic E-state index is 0.0455. The van der Waals surface area contributed by atoms with Crippen molar-refractivity contribution in [3.63, 3.8) is 0 Å². The minimum atomic E-state index is -1.48. The summed E-state index contributed by atoms with van der Waals surface area (Å²) in [6.45, 7) is 2.46. The average molecular weight is 481 g/mol. The number of nitro benzene ring substituents is 1. The quantitative estimate of drug-likeness (QED) is 0.368. The topological polar surface area (TPSA) is 131 Å². The van der Waals surface area contributed by atoms with Crippen LogP contribution in [-0.4, -0.2) is 41.3 Å². The number of amides is 4. The molecule has 1 aliphatic rings. The van der Waals surface area contributed by atoms with Crippen molar-refractivity contribution < 1.29 is 24.0 Å². The summed E-state index contributed by atoms with van der Waals surface area (Å²) in [5, 5.41) is 16.8. The van der Waals surface area contributed by atoms with Gasteiger partial charge in [0.1, 0.15) is 12.1 Å². The maximum absolute atomic E-state index is 13.0. The number of methoxy groups -OCH3 is 1. The lowest BCUT2D eigenvalue weighted by molar-refractivity contribution is -0.385. The molecule has 12 heteroatoms. The predicted molar refractivity (Wildman–Crippen MR) is 117 cm³/mol. The van der Waals surface area contributed by atoms with Crippen LogP contribution in [0.25, 0.3) is 0 Å². The first-order chi connectivity index (χ1) is 15.0. The molecule has 2 aromatic rings. The van der Waals surface area contributed by atoms with E-state index in [-0.39, 0.29) is 22.1 Å². The largest absolute Gasteiger partial charge is 0.490 e. The fraction of sp³-hybridized carbons (Fsp3) is 0.250. The number of nitro groups is 1. The number of nitrogens with zero attached hydrogens (tertiary/aromatic N) is 2. The van der Waals surface area contributed by atoms with Crippen molar-refractivity contribution in [1.82, 2.24) is 10.2 Å². The minimum Gasteiger partial charge on any atom is -0.490 e. The van der Waals surface area contributed by atoms with Gasteiger partial charge >= 0.3 is 11.7 Å². The Kier molecular flexibility index (Phi) is 6.29. The number of urea groups is 1. The van der Waals surface area contributed by atoms with Crippen LogP contribution in [0.2, 0.25) is 10.0 Å². The number of rotatable bonds is 6. The van der Waals surface area contributed by atoms with Gasteiger partial charge in [-0.25, -0.2) is 4.79 Å². The van der Waals surface area contributed by atoms with E-state index in [0.717, 1.165) is 4.90 Å². The molecule has 0 radical (unpaired) electrons. The maximum Gasteiger partial charge on any atom is 0.325 e. The van der Waals surface area contributed by atoms with Gasteiger partial charge < -0.3 is 15.4 Å².